The van der Waals surface area contributed by atoms with Gasteiger partial charge in [0.1, 0.15) is 0 Å². The molecule has 0 spiro atoms. The van der Waals surface area contributed by atoms with Gasteiger partial charge in [-0.2, -0.15) is 11.8 Å². The predicted octanol–water partition coefficient (Wildman–Crippen LogP) is 3.09. The van der Waals surface area contributed by atoms with E-state index in [1.54, 1.807) is 12.1 Å². The molecule has 1 fully saturated rings. The van der Waals surface area contributed by atoms with E-state index in [4.69, 9.17) is 11.6 Å². The fraction of sp³-hybridized carbons (Fsp3) is 0.417. The van der Waals surface area contributed by atoms with Crippen molar-refractivity contribution < 1.29 is 4.79 Å². The van der Waals surface area contributed by atoms with Crippen LogP contribution in [0, 0.1) is 0 Å². The lowest BCUT2D eigenvalue weighted by atomic mass is 10.1. The van der Waals surface area contributed by atoms with E-state index < -0.39 is 0 Å². The van der Waals surface area contributed by atoms with Crippen LogP contribution in [0.1, 0.15) is 17.3 Å². The van der Waals surface area contributed by atoms with E-state index in [1.165, 1.54) is 0 Å². The summed E-state index contributed by atoms with van der Waals surface area (Å²) in [5, 5.41) is 1.29. The molecule has 1 saturated heterocycles. The molecule has 1 aliphatic rings. The predicted molar refractivity (Wildman–Crippen MR) is 71.0 cm³/mol. The third-order valence-corrected chi connectivity index (χ3v) is 4.07. The van der Waals surface area contributed by atoms with Crippen LogP contribution >= 0.6 is 23.4 Å². The topological polar surface area (TPSA) is 20.3 Å². The zero-order valence-corrected chi connectivity index (χ0v) is 10.7. The maximum Gasteiger partial charge on any atom is 0.152 e. The van der Waals surface area contributed by atoms with Gasteiger partial charge >= 0.3 is 0 Å². The van der Waals surface area contributed by atoms with E-state index in [-0.39, 0.29) is 0 Å². The first-order valence-corrected chi connectivity index (χ1v) is 6.74. The van der Waals surface area contributed by atoms with Gasteiger partial charge in [-0.1, -0.05) is 18.5 Å². The molecule has 2 nitrogen and oxygen atoms in total. The van der Waals surface area contributed by atoms with Crippen LogP contribution in [0.3, 0.4) is 0 Å². The molecule has 16 heavy (non-hydrogen) atoms. The summed E-state index contributed by atoms with van der Waals surface area (Å²) in [6, 6.07) is 5.43. The van der Waals surface area contributed by atoms with E-state index in [1.807, 2.05) is 17.8 Å². The van der Waals surface area contributed by atoms with Crippen LogP contribution in [0.5, 0.6) is 0 Å². The number of anilines is 1. The summed E-state index contributed by atoms with van der Waals surface area (Å²) >= 11 is 7.95. The molecule has 0 radical (unpaired) electrons. The van der Waals surface area contributed by atoms with Crippen molar-refractivity contribution in [1.29, 1.82) is 0 Å². The zero-order valence-electron chi connectivity index (χ0n) is 9.15. The normalized spacial score (nSPS) is 20.9. The van der Waals surface area contributed by atoms with Gasteiger partial charge in [0.25, 0.3) is 0 Å². The molecule has 0 N–H and O–H groups in total. The molecule has 1 aliphatic heterocycles. The molecule has 86 valence electrons. The van der Waals surface area contributed by atoms with E-state index in [2.05, 4.69) is 11.8 Å². The molecule has 0 bridgehead atoms. The second-order valence-corrected chi connectivity index (χ2v) is 5.93. The molecular formula is C12H14ClNOS. The summed E-state index contributed by atoms with van der Waals surface area (Å²) in [7, 11) is 0. The summed E-state index contributed by atoms with van der Waals surface area (Å²) in [6.45, 7) is 4.17. The Bertz CT molecular complexity index is 397. The first kappa shape index (κ1) is 11.8. The molecule has 0 saturated carbocycles. The highest BCUT2D eigenvalue weighted by Crippen LogP contribution is 2.28. The third kappa shape index (κ3) is 2.53. The van der Waals surface area contributed by atoms with Gasteiger partial charge < -0.3 is 4.90 Å². The van der Waals surface area contributed by atoms with Crippen LogP contribution in [-0.2, 0) is 0 Å². The van der Waals surface area contributed by atoms with Gasteiger partial charge in [-0.3, -0.25) is 4.79 Å². The highest BCUT2D eigenvalue weighted by atomic mass is 35.5. The van der Waals surface area contributed by atoms with Crippen molar-refractivity contribution in [3.05, 3.63) is 28.8 Å². The fourth-order valence-corrected chi connectivity index (χ4v) is 3.11. The van der Waals surface area contributed by atoms with Gasteiger partial charge in [-0.15, -0.1) is 0 Å². The van der Waals surface area contributed by atoms with Gasteiger partial charge in [0, 0.05) is 40.4 Å². The lowest BCUT2D eigenvalue weighted by molar-refractivity contribution is 0.112. The molecule has 1 aromatic carbocycles. The van der Waals surface area contributed by atoms with E-state index in [9.17, 15) is 4.79 Å². The number of carbonyl (C=O) groups excluding carboxylic acids is 1. The Kier molecular flexibility index (Phi) is 3.77. The lowest BCUT2D eigenvalue weighted by Gasteiger charge is -2.33. The lowest BCUT2D eigenvalue weighted by Crippen LogP contribution is -2.37. The minimum atomic E-state index is 0.604. The molecule has 1 unspecified atom stereocenters. The van der Waals surface area contributed by atoms with Crippen molar-refractivity contribution in [2.75, 3.05) is 23.7 Å². The van der Waals surface area contributed by atoms with Gasteiger partial charge in [0.2, 0.25) is 0 Å². The highest BCUT2D eigenvalue weighted by Gasteiger charge is 2.19. The Morgan fingerprint density at radius 1 is 1.56 bits per heavy atom. The molecule has 4 heteroatoms. The van der Waals surface area contributed by atoms with Crippen molar-refractivity contribution in [3.63, 3.8) is 0 Å². The van der Waals surface area contributed by atoms with E-state index >= 15 is 0 Å². The fourth-order valence-electron chi connectivity index (χ4n) is 1.93. The van der Waals surface area contributed by atoms with Gasteiger partial charge in [0.05, 0.1) is 0 Å². The Labute approximate surface area is 105 Å². The summed E-state index contributed by atoms with van der Waals surface area (Å²) in [4.78, 5) is 13.2. The van der Waals surface area contributed by atoms with Crippen molar-refractivity contribution in [1.82, 2.24) is 0 Å². The van der Waals surface area contributed by atoms with Gasteiger partial charge in [-0.25, -0.2) is 0 Å². The number of rotatable bonds is 2. The van der Waals surface area contributed by atoms with Crippen LogP contribution in [0.4, 0.5) is 5.69 Å². The van der Waals surface area contributed by atoms with Crippen molar-refractivity contribution in [2.45, 2.75) is 12.2 Å². The Morgan fingerprint density at radius 3 is 3.06 bits per heavy atom. The summed E-state index contributed by atoms with van der Waals surface area (Å²) in [5.74, 6) is 1.10. The number of carbonyl (C=O) groups is 1. The number of nitrogens with zero attached hydrogens (tertiary/aromatic N) is 1. The second-order valence-electron chi connectivity index (χ2n) is 3.95. The van der Waals surface area contributed by atoms with Gasteiger partial charge in [0.15, 0.2) is 6.29 Å². The monoisotopic (exact) mass is 255 g/mol. The van der Waals surface area contributed by atoms with E-state index in [0.717, 1.165) is 36.4 Å². The molecule has 1 atom stereocenters. The molecule has 2 rings (SSSR count). The van der Waals surface area contributed by atoms with Crippen LogP contribution in [-0.4, -0.2) is 30.4 Å². The van der Waals surface area contributed by atoms with Crippen molar-refractivity contribution in [3.8, 4) is 0 Å². The maximum atomic E-state index is 11.0. The second kappa shape index (κ2) is 5.11. The zero-order chi connectivity index (χ0) is 11.5. The Hall–Kier alpha value is -0.670. The summed E-state index contributed by atoms with van der Waals surface area (Å²) in [6.07, 6.45) is 0.901. The van der Waals surface area contributed by atoms with Crippen LogP contribution < -0.4 is 4.90 Å². The van der Waals surface area contributed by atoms with Crippen LogP contribution in [0.2, 0.25) is 5.02 Å². The number of halogens is 1. The maximum absolute atomic E-state index is 11.0. The molecule has 1 heterocycles. The number of hydrogen-bond donors (Lipinski definition) is 0. The quantitative estimate of drug-likeness (QED) is 0.758. The first-order chi connectivity index (χ1) is 7.70. The van der Waals surface area contributed by atoms with Crippen LogP contribution in [0.15, 0.2) is 18.2 Å². The van der Waals surface area contributed by atoms with Crippen molar-refractivity contribution >= 4 is 35.3 Å². The number of aldehydes is 1. The Balaban J connectivity index is 2.30. The molecular weight excluding hydrogens is 242 g/mol. The standard InChI is InChI=1S/C12H14ClNOS/c1-9-7-14(4-5-16-9)12-6-11(13)3-2-10(12)8-15/h2-3,6,8-9H,4-5,7H2,1H3. The number of hydrogen-bond acceptors (Lipinski definition) is 3. The smallest absolute Gasteiger partial charge is 0.152 e. The highest BCUT2D eigenvalue weighted by molar-refractivity contribution is 8.00. The van der Waals surface area contributed by atoms with E-state index in [0.29, 0.717) is 10.3 Å². The number of thioether (sulfide) groups is 1. The van der Waals surface area contributed by atoms with Crippen molar-refractivity contribution in [2.24, 2.45) is 0 Å². The van der Waals surface area contributed by atoms with Gasteiger partial charge in [-0.05, 0) is 18.2 Å². The average molecular weight is 256 g/mol. The SMILES string of the molecule is CC1CN(c2cc(Cl)ccc2C=O)CCS1. The minimum absolute atomic E-state index is 0.604. The largest absolute Gasteiger partial charge is 0.369 e. The first-order valence-electron chi connectivity index (χ1n) is 5.32. The molecule has 1 aromatic rings. The minimum Gasteiger partial charge on any atom is -0.369 e. The number of benzene rings is 1. The third-order valence-electron chi connectivity index (χ3n) is 2.70. The Morgan fingerprint density at radius 2 is 2.38 bits per heavy atom. The molecule has 0 aliphatic carbocycles. The summed E-state index contributed by atoms with van der Waals surface area (Å²) in [5.41, 5.74) is 1.69. The summed E-state index contributed by atoms with van der Waals surface area (Å²) < 4.78 is 0. The molecule has 0 amide bonds. The van der Waals surface area contributed by atoms with Crippen LogP contribution in [0.25, 0.3) is 0 Å². The molecule has 0 aromatic heterocycles. The average Bonchev–Trinajstić information content (AvgIpc) is 2.29.